The number of carbonyl (C=O) groups excluding carboxylic acids is 1. The van der Waals surface area contributed by atoms with E-state index in [2.05, 4.69) is 21.6 Å². The van der Waals surface area contributed by atoms with E-state index in [1.165, 1.54) is 6.08 Å². The van der Waals surface area contributed by atoms with Crippen LogP contribution in [0.3, 0.4) is 0 Å². The number of nitriles is 1. The molecule has 7 heteroatoms. The summed E-state index contributed by atoms with van der Waals surface area (Å²) in [7, 11) is 0. The van der Waals surface area contributed by atoms with Crippen LogP contribution in [0.2, 0.25) is 5.02 Å². The summed E-state index contributed by atoms with van der Waals surface area (Å²) in [5, 5.41) is 16.5. The van der Waals surface area contributed by atoms with Crippen molar-refractivity contribution in [1.29, 1.82) is 5.26 Å². The van der Waals surface area contributed by atoms with Crippen molar-refractivity contribution in [2.24, 2.45) is 0 Å². The fraction of sp³-hybridized carbons (Fsp3) is 0.214. The molecular formula is C28H28ClN5O. The van der Waals surface area contributed by atoms with Gasteiger partial charge in [0, 0.05) is 36.0 Å². The first kappa shape index (κ1) is 24.2. The quantitative estimate of drug-likeness (QED) is 0.414. The topological polar surface area (TPSA) is 71.4 Å². The summed E-state index contributed by atoms with van der Waals surface area (Å²) >= 11 is 6.26. The van der Waals surface area contributed by atoms with Crippen molar-refractivity contribution in [3.63, 3.8) is 0 Å². The van der Waals surface area contributed by atoms with Crippen LogP contribution >= 0.6 is 11.6 Å². The van der Waals surface area contributed by atoms with Crippen molar-refractivity contribution >= 4 is 29.0 Å². The number of benzene rings is 3. The molecule has 0 aromatic heterocycles. The summed E-state index contributed by atoms with van der Waals surface area (Å²) in [6.45, 7) is 5.53. The third-order valence-electron chi connectivity index (χ3n) is 6.28. The Morgan fingerprint density at radius 1 is 0.971 bits per heavy atom. The van der Waals surface area contributed by atoms with Gasteiger partial charge in [-0.3, -0.25) is 0 Å². The maximum absolute atomic E-state index is 13.4. The van der Waals surface area contributed by atoms with E-state index in [1.54, 1.807) is 0 Å². The number of anilines is 2. The molecule has 1 unspecified atom stereocenters. The Hall–Kier alpha value is -3.95. The minimum absolute atomic E-state index is 0.179. The van der Waals surface area contributed by atoms with E-state index in [1.807, 2.05) is 91.5 Å². The lowest BCUT2D eigenvalue weighted by Gasteiger charge is -2.43. The molecular weight excluding hydrogens is 458 g/mol. The maximum Gasteiger partial charge on any atom is 0.322 e. The van der Waals surface area contributed by atoms with Crippen LogP contribution in [0.15, 0.2) is 84.7 Å². The number of nitrogens with one attached hydrogen (secondary N) is 2. The fourth-order valence-electron chi connectivity index (χ4n) is 4.25. The van der Waals surface area contributed by atoms with Crippen LogP contribution in [-0.2, 0) is 0 Å². The van der Waals surface area contributed by atoms with Crippen molar-refractivity contribution < 1.29 is 4.79 Å². The van der Waals surface area contributed by atoms with E-state index < -0.39 is 0 Å². The number of hydrogen-bond acceptors (Lipinski definition) is 4. The number of nitrogens with zero attached hydrogens (tertiary/aromatic N) is 3. The number of aryl methyl sites for hydroxylation is 1. The summed E-state index contributed by atoms with van der Waals surface area (Å²) in [5.41, 5.74) is 4.59. The largest absolute Gasteiger partial charge is 0.353 e. The number of allylic oxidation sites excluding steroid dienone is 1. The highest BCUT2D eigenvalue weighted by atomic mass is 35.5. The number of hydrogen-bond donors (Lipinski definition) is 2. The smallest absolute Gasteiger partial charge is 0.322 e. The molecule has 2 N–H and O–H groups in total. The second kappa shape index (κ2) is 11.0. The Morgan fingerprint density at radius 3 is 2.43 bits per heavy atom. The zero-order chi connectivity index (χ0) is 24.8. The first-order valence-electron chi connectivity index (χ1n) is 11.5. The molecule has 1 atom stereocenters. The van der Waals surface area contributed by atoms with Crippen molar-refractivity contribution in [2.45, 2.75) is 19.9 Å². The van der Waals surface area contributed by atoms with Crippen molar-refractivity contribution in [3.05, 3.63) is 106 Å². The van der Waals surface area contributed by atoms with Gasteiger partial charge in [-0.15, -0.1) is 0 Å². The average molecular weight is 486 g/mol. The van der Waals surface area contributed by atoms with Crippen LogP contribution < -0.4 is 10.6 Å². The summed E-state index contributed by atoms with van der Waals surface area (Å²) < 4.78 is 0. The molecule has 3 aromatic rings. The van der Waals surface area contributed by atoms with Crippen molar-refractivity contribution in [2.75, 3.05) is 30.3 Å². The highest BCUT2D eigenvalue weighted by Crippen LogP contribution is 2.30. The molecule has 1 saturated heterocycles. The molecule has 178 valence electrons. The van der Waals surface area contributed by atoms with Crippen molar-refractivity contribution in [3.8, 4) is 6.07 Å². The molecule has 0 spiro atoms. The summed E-state index contributed by atoms with van der Waals surface area (Å²) in [4.78, 5) is 17.4. The Labute approximate surface area is 211 Å². The van der Waals surface area contributed by atoms with Gasteiger partial charge in [-0.2, -0.15) is 5.26 Å². The lowest BCUT2D eigenvalue weighted by molar-refractivity contribution is 0.121. The molecule has 4 rings (SSSR count). The second-order valence-electron chi connectivity index (χ2n) is 8.51. The molecule has 2 amide bonds. The van der Waals surface area contributed by atoms with Crippen LogP contribution in [-0.4, -0.2) is 35.5 Å². The van der Waals surface area contributed by atoms with Gasteiger partial charge in [0.25, 0.3) is 0 Å². The molecule has 1 aliphatic rings. The van der Waals surface area contributed by atoms with Gasteiger partial charge in [0.15, 0.2) is 0 Å². The normalized spacial score (nSPS) is 15.9. The number of urea groups is 1. The molecule has 0 bridgehead atoms. The first-order chi connectivity index (χ1) is 17.0. The molecule has 0 aliphatic carbocycles. The third-order valence-corrected chi connectivity index (χ3v) is 6.69. The minimum Gasteiger partial charge on any atom is -0.353 e. The number of para-hydroxylation sites is 1. The van der Waals surface area contributed by atoms with E-state index >= 15 is 0 Å². The molecule has 1 fully saturated rings. The highest BCUT2D eigenvalue weighted by molar-refractivity contribution is 6.31. The molecule has 1 aliphatic heterocycles. The van der Waals surface area contributed by atoms with E-state index in [0.717, 1.165) is 22.4 Å². The van der Waals surface area contributed by atoms with Gasteiger partial charge in [0.2, 0.25) is 0 Å². The lowest BCUT2D eigenvalue weighted by Crippen LogP contribution is -2.52. The number of amides is 2. The molecule has 1 heterocycles. The van der Waals surface area contributed by atoms with Crippen LogP contribution in [0, 0.1) is 25.2 Å². The average Bonchev–Trinajstić information content (AvgIpc) is 2.88. The number of halogens is 1. The van der Waals surface area contributed by atoms with Gasteiger partial charge < -0.3 is 20.4 Å². The first-order valence-corrected chi connectivity index (χ1v) is 11.9. The Morgan fingerprint density at radius 2 is 1.69 bits per heavy atom. The Kier molecular flexibility index (Phi) is 7.59. The zero-order valence-corrected chi connectivity index (χ0v) is 20.6. The molecule has 3 aromatic carbocycles. The summed E-state index contributed by atoms with van der Waals surface area (Å²) in [5.74, 6) is 0.716. The number of piperazine rings is 1. The predicted octanol–water partition coefficient (Wildman–Crippen LogP) is 6.32. The standard InChI is InChI=1S/C28H28ClN5O/c1-20-9-6-7-13-24(20)31-27(15-16-30)33-17-18-34(26(19-33)22-10-4-3-5-11-22)28(35)32-25-14-8-12-23(29)21(25)2/h3-15,26,31H,17-19H2,1-2H3,(H,32,35)/b27-15-. The van der Waals surface area contributed by atoms with Crippen LogP contribution in [0.1, 0.15) is 22.7 Å². The number of carbonyl (C=O) groups is 1. The third kappa shape index (κ3) is 5.59. The van der Waals surface area contributed by atoms with Gasteiger partial charge in [0.1, 0.15) is 5.82 Å². The maximum atomic E-state index is 13.4. The summed E-state index contributed by atoms with van der Waals surface area (Å²) in [6, 6.07) is 25.2. The highest BCUT2D eigenvalue weighted by Gasteiger charge is 2.33. The second-order valence-corrected chi connectivity index (χ2v) is 8.91. The van der Waals surface area contributed by atoms with Crippen molar-refractivity contribution in [1.82, 2.24) is 9.80 Å². The SMILES string of the molecule is Cc1ccccc1N/C(=C/C#N)N1CCN(C(=O)Nc2cccc(Cl)c2C)C(c2ccccc2)C1. The van der Waals surface area contributed by atoms with Crippen LogP contribution in [0.5, 0.6) is 0 Å². The molecule has 35 heavy (non-hydrogen) atoms. The zero-order valence-electron chi connectivity index (χ0n) is 19.8. The van der Waals surface area contributed by atoms with E-state index in [0.29, 0.717) is 36.2 Å². The fourth-order valence-corrected chi connectivity index (χ4v) is 4.43. The van der Waals surface area contributed by atoms with E-state index in [-0.39, 0.29) is 12.1 Å². The van der Waals surface area contributed by atoms with Gasteiger partial charge in [-0.25, -0.2) is 4.79 Å². The molecule has 0 saturated carbocycles. The number of rotatable bonds is 5. The van der Waals surface area contributed by atoms with E-state index in [4.69, 9.17) is 11.6 Å². The minimum atomic E-state index is -0.204. The Balaban J connectivity index is 1.60. The summed E-state index contributed by atoms with van der Waals surface area (Å²) in [6.07, 6.45) is 1.53. The van der Waals surface area contributed by atoms with Gasteiger partial charge in [-0.05, 0) is 48.7 Å². The predicted molar refractivity (Wildman–Crippen MR) is 141 cm³/mol. The molecule has 6 nitrogen and oxygen atoms in total. The van der Waals surface area contributed by atoms with Crippen LogP contribution in [0.4, 0.5) is 16.2 Å². The molecule has 0 radical (unpaired) electrons. The van der Waals surface area contributed by atoms with E-state index in [9.17, 15) is 10.1 Å². The monoisotopic (exact) mass is 485 g/mol. The van der Waals surface area contributed by atoms with Gasteiger partial charge in [-0.1, -0.05) is 66.2 Å². The Bertz CT molecular complexity index is 1270. The van der Waals surface area contributed by atoms with Gasteiger partial charge in [0.05, 0.1) is 18.2 Å². The van der Waals surface area contributed by atoms with Gasteiger partial charge >= 0.3 is 6.03 Å². The lowest BCUT2D eigenvalue weighted by atomic mass is 10.0. The van der Waals surface area contributed by atoms with Crippen LogP contribution in [0.25, 0.3) is 0 Å².